The van der Waals surface area contributed by atoms with Crippen molar-refractivity contribution in [3.8, 4) is 11.8 Å². The van der Waals surface area contributed by atoms with Gasteiger partial charge < -0.3 is 9.84 Å². The van der Waals surface area contributed by atoms with Crippen LogP contribution >= 0.6 is 0 Å². The van der Waals surface area contributed by atoms with E-state index in [1.54, 1.807) is 19.2 Å². The monoisotopic (exact) mass is 310 g/mol. The summed E-state index contributed by atoms with van der Waals surface area (Å²) < 4.78 is 5.17. The van der Waals surface area contributed by atoms with Gasteiger partial charge in [0, 0.05) is 13.1 Å². The van der Waals surface area contributed by atoms with E-state index in [-0.39, 0.29) is 0 Å². The third-order valence-electron chi connectivity index (χ3n) is 3.87. The first-order chi connectivity index (χ1) is 11.2. The van der Waals surface area contributed by atoms with Crippen LogP contribution in [0.15, 0.2) is 48.5 Å². The van der Waals surface area contributed by atoms with Gasteiger partial charge >= 0.3 is 0 Å². The number of hydrogen-bond acceptors (Lipinski definition) is 4. The Morgan fingerprint density at radius 1 is 1.13 bits per heavy atom. The van der Waals surface area contributed by atoms with Crippen molar-refractivity contribution in [1.29, 1.82) is 5.26 Å². The van der Waals surface area contributed by atoms with Crippen molar-refractivity contribution in [2.45, 2.75) is 19.6 Å². The van der Waals surface area contributed by atoms with Gasteiger partial charge in [0.05, 0.1) is 24.8 Å². The molecule has 4 nitrogen and oxygen atoms in total. The lowest BCUT2D eigenvalue weighted by Crippen LogP contribution is -2.28. The molecular weight excluding hydrogens is 288 g/mol. The molecular formula is C19H22N2O2. The summed E-state index contributed by atoms with van der Waals surface area (Å²) in [5.74, 6) is 0.842. The van der Waals surface area contributed by atoms with Crippen LogP contribution in [0, 0.1) is 11.3 Å². The highest BCUT2D eigenvalue weighted by Gasteiger charge is 2.13. The normalized spacial score (nSPS) is 12.0. The molecule has 1 N–H and O–H groups in total. The number of benzene rings is 2. The molecule has 2 aromatic carbocycles. The van der Waals surface area contributed by atoms with Crippen molar-refractivity contribution >= 4 is 0 Å². The molecule has 0 heterocycles. The molecule has 0 aromatic heterocycles. The highest BCUT2D eigenvalue weighted by Crippen LogP contribution is 2.18. The number of methoxy groups -OCH3 is 1. The van der Waals surface area contributed by atoms with Gasteiger partial charge in [-0.05, 0) is 41.9 Å². The van der Waals surface area contributed by atoms with Crippen LogP contribution in [0.3, 0.4) is 0 Å². The molecule has 0 aliphatic carbocycles. The van der Waals surface area contributed by atoms with E-state index in [0.717, 1.165) is 24.4 Å². The predicted octanol–water partition coefficient (Wildman–Crippen LogP) is 3.12. The summed E-state index contributed by atoms with van der Waals surface area (Å²) in [5, 5.41) is 19.2. The standard InChI is InChI=1S/C19H22N2O2/c1-3-21(13-16-6-10-18(23-2)11-7-16)14-19(22)17-8-4-15(12-20)5-9-17/h4-11,19,22H,3,13-14H2,1-2H3. The number of nitrogens with zero attached hydrogens (tertiary/aromatic N) is 2. The van der Waals surface area contributed by atoms with Crippen molar-refractivity contribution in [2.75, 3.05) is 20.2 Å². The lowest BCUT2D eigenvalue weighted by atomic mass is 10.1. The molecule has 1 atom stereocenters. The molecule has 4 heteroatoms. The number of likely N-dealkylation sites (N-methyl/N-ethyl adjacent to an activating group) is 1. The zero-order valence-corrected chi connectivity index (χ0v) is 13.6. The number of aliphatic hydroxyl groups is 1. The zero-order chi connectivity index (χ0) is 16.7. The Morgan fingerprint density at radius 3 is 2.30 bits per heavy atom. The second-order valence-corrected chi connectivity index (χ2v) is 5.43. The molecule has 2 aromatic rings. The Balaban J connectivity index is 1.98. The maximum absolute atomic E-state index is 10.4. The van der Waals surface area contributed by atoms with Gasteiger partial charge in [-0.1, -0.05) is 31.2 Å². The molecule has 120 valence electrons. The van der Waals surface area contributed by atoms with Gasteiger partial charge in [0.15, 0.2) is 0 Å². The molecule has 23 heavy (non-hydrogen) atoms. The van der Waals surface area contributed by atoms with E-state index in [1.807, 2.05) is 36.4 Å². The Morgan fingerprint density at radius 2 is 1.78 bits per heavy atom. The molecule has 0 aliphatic heterocycles. The number of ether oxygens (including phenoxy) is 1. The van der Waals surface area contributed by atoms with Gasteiger partial charge in [-0.2, -0.15) is 5.26 Å². The second-order valence-electron chi connectivity index (χ2n) is 5.43. The third kappa shape index (κ3) is 4.82. The van der Waals surface area contributed by atoms with Gasteiger partial charge in [0.2, 0.25) is 0 Å². The zero-order valence-electron chi connectivity index (χ0n) is 13.6. The first-order valence-corrected chi connectivity index (χ1v) is 7.69. The summed E-state index contributed by atoms with van der Waals surface area (Å²) >= 11 is 0. The fraction of sp³-hybridized carbons (Fsp3) is 0.316. The number of hydrogen-bond donors (Lipinski definition) is 1. The molecule has 0 radical (unpaired) electrons. The molecule has 0 aliphatic rings. The molecule has 0 saturated heterocycles. The van der Waals surface area contributed by atoms with Gasteiger partial charge in [-0.25, -0.2) is 0 Å². The maximum atomic E-state index is 10.4. The molecule has 0 fully saturated rings. The topological polar surface area (TPSA) is 56.5 Å². The Kier molecular flexibility index (Phi) is 6.16. The molecule has 1 unspecified atom stereocenters. The van der Waals surface area contributed by atoms with Crippen molar-refractivity contribution in [1.82, 2.24) is 4.90 Å². The van der Waals surface area contributed by atoms with Gasteiger partial charge in [-0.3, -0.25) is 4.90 Å². The SMILES string of the molecule is CCN(Cc1ccc(OC)cc1)CC(O)c1ccc(C#N)cc1. The minimum Gasteiger partial charge on any atom is -0.497 e. The van der Waals surface area contributed by atoms with E-state index in [9.17, 15) is 5.11 Å². The van der Waals surface area contributed by atoms with E-state index in [0.29, 0.717) is 12.1 Å². The first-order valence-electron chi connectivity index (χ1n) is 7.69. The highest BCUT2D eigenvalue weighted by atomic mass is 16.5. The van der Waals surface area contributed by atoms with Gasteiger partial charge in [0.25, 0.3) is 0 Å². The van der Waals surface area contributed by atoms with E-state index < -0.39 is 6.10 Å². The summed E-state index contributed by atoms with van der Waals surface area (Å²) in [6, 6.07) is 17.1. The fourth-order valence-electron chi connectivity index (χ4n) is 2.42. The van der Waals surface area contributed by atoms with Gasteiger partial charge in [-0.15, -0.1) is 0 Å². The Hall–Kier alpha value is -2.35. The van der Waals surface area contributed by atoms with Crippen LogP contribution in [-0.2, 0) is 6.54 Å². The van der Waals surface area contributed by atoms with Crippen molar-refractivity contribution in [2.24, 2.45) is 0 Å². The average molecular weight is 310 g/mol. The highest BCUT2D eigenvalue weighted by molar-refractivity contribution is 5.32. The molecule has 0 saturated carbocycles. The number of rotatable bonds is 7. The van der Waals surface area contributed by atoms with Crippen molar-refractivity contribution in [3.63, 3.8) is 0 Å². The van der Waals surface area contributed by atoms with Crippen LogP contribution in [0.2, 0.25) is 0 Å². The minimum atomic E-state index is -0.569. The third-order valence-corrected chi connectivity index (χ3v) is 3.87. The number of aliphatic hydroxyl groups excluding tert-OH is 1. The number of nitriles is 1. The largest absolute Gasteiger partial charge is 0.497 e. The lowest BCUT2D eigenvalue weighted by molar-refractivity contribution is 0.112. The summed E-state index contributed by atoms with van der Waals surface area (Å²) in [4.78, 5) is 2.19. The summed E-state index contributed by atoms with van der Waals surface area (Å²) in [6.45, 7) is 4.25. The molecule has 2 rings (SSSR count). The van der Waals surface area contributed by atoms with Crippen LogP contribution in [0.4, 0.5) is 0 Å². The van der Waals surface area contributed by atoms with E-state index in [1.165, 1.54) is 5.56 Å². The minimum absolute atomic E-state index is 0.550. The van der Waals surface area contributed by atoms with Crippen LogP contribution in [0.1, 0.15) is 29.7 Å². The summed E-state index contributed by atoms with van der Waals surface area (Å²) in [5.41, 5.74) is 2.61. The summed E-state index contributed by atoms with van der Waals surface area (Å²) in [7, 11) is 1.65. The fourth-order valence-corrected chi connectivity index (χ4v) is 2.42. The lowest BCUT2D eigenvalue weighted by Gasteiger charge is -2.24. The van der Waals surface area contributed by atoms with E-state index in [4.69, 9.17) is 10.00 Å². The Bertz CT molecular complexity index is 645. The van der Waals surface area contributed by atoms with Gasteiger partial charge in [0.1, 0.15) is 5.75 Å². The maximum Gasteiger partial charge on any atom is 0.118 e. The predicted molar refractivity (Wildman–Crippen MR) is 90.1 cm³/mol. The Labute approximate surface area is 137 Å². The first kappa shape index (κ1) is 17.0. The second kappa shape index (κ2) is 8.33. The molecule has 0 spiro atoms. The van der Waals surface area contributed by atoms with Crippen molar-refractivity contribution < 1.29 is 9.84 Å². The van der Waals surface area contributed by atoms with E-state index in [2.05, 4.69) is 17.9 Å². The van der Waals surface area contributed by atoms with Crippen LogP contribution < -0.4 is 4.74 Å². The molecule has 0 bridgehead atoms. The quantitative estimate of drug-likeness (QED) is 0.853. The van der Waals surface area contributed by atoms with Crippen molar-refractivity contribution in [3.05, 3.63) is 65.2 Å². The van der Waals surface area contributed by atoms with Crippen LogP contribution in [0.5, 0.6) is 5.75 Å². The van der Waals surface area contributed by atoms with Crippen LogP contribution in [0.25, 0.3) is 0 Å². The average Bonchev–Trinajstić information content (AvgIpc) is 2.61. The molecule has 0 amide bonds. The summed E-state index contributed by atoms with van der Waals surface area (Å²) in [6.07, 6.45) is -0.569. The smallest absolute Gasteiger partial charge is 0.118 e. The van der Waals surface area contributed by atoms with E-state index >= 15 is 0 Å². The van der Waals surface area contributed by atoms with Crippen LogP contribution in [-0.4, -0.2) is 30.2 Å².